The number of rotatable bonds is 6. The van der Waals surface area contributed by atoms with E-state index in [9.17, 15) is 32.9 Å². The summed E-state index contributed by atoms with van der Waals surface area (Å²) in [5.41, 5.74) is 0.123. The second-order valence-corrected chi connectivity index (χ2v) is 8.89. The highest BCUT2D eigenvalue weighted by Crippen LogP contribution is 2.39. The third kappa shape index (κ3) is 5.64. The SMILES string of the molecule is Cc1cc(C(=O)Oc2ccc3c(=O)c(Oc4ccc(-c5ccccc5)cc4)c(C(F)(F)F)oc3c2)ccc1[N+](=O)[O-]. The van der Waals surface area contributed by atoms with Gasteiger partial charge in [-0.1, -0.05) is 42.5 Å². The molecule has 0 radical (unpaired) electrons. The van der Waals surface area contributed by atoms with E-state index in [-0.39, 0.29) is 33.7 Å². The summed E-state index contributed by atoms with van der Waals surface area (Å²) < 4.78 is 57.6. The van der Waals surface area contributed by atoms with E-state index >= 15 is 0 Å². The number of ether oxygens (including phenoxy) is 2. The number of fused-ring (bicyclic) bond motifs is 1. The number of halogens is 3. The first-order valence-electron chi connectivity index (χ1n) is 12.0. The number of nitro benzene ring substituents is 1. The molecular weight excluding hydrogens is 543 g/mol. The number of alkyl halides is 3. The van der Waals surface area contributed by atoms with Gasteiger partial charge in [-0.3, -0.25) is 14.9 Å². The number of nitro groups is 1. The molecule has 0 saturated carbocycles. The van der Waals surface area contributed by atoms with Gasteiger partial charge in [0.15, 0.2) is 0 Å². The van der Waals surface area contributed by atoms with Gasteiger partial charge in [-0.15, -0.1) is 0 Å². The number of esters is 1. The molecule has 1 heterocycles. The maximum atomic E-state index is 14.0. The molecule has 0 atom stereocenters. The summed E-state index contributed by atoms with van der Waals surface area (Å²) in [6.07, 6.45) is -5.09. The minimum Gasteiger partial charge on any atom is -0.449 e. The van der Waals surface area contributed by atoms with Crippen LogP contribution in [0.3, 0.4) is 0 Å². The molecule has 0 amide bonds. The van der Waals surface area contributed by atoms with Gasteiger partial charge < -0.3 is 13.9 Å². The van der Waals surface area contributed by atoms with Crippen molar-refractivity contribution >= 4 is 22.6 Å². The Labute approximate surface area is 229 Å². The third-order valence-electron chi connectivity index (χ3n) is 6.10. The van der Waals surface area contributed by atoms with E-state index in [0.717, 1.165) is 29.3 Å². The van der Waals surface area contributed by atoms with Crippen molar-refractivity contribution in [1.29, 1.82) is 0 Å². The molecule has 0 bridgehead atoms. The van der Waals surface area contributed by atoms with Crippen LogP contribution in [0.5, 0.6) is 17.2 Å². The van der Waals surface area contributed by atoms with Crippen molar-refractivity contribution < 1.29 is 36.8 Å². The number of carbonyl (C=O) groups is 1. The van der Waals surface area contributed by atoms with Gasteiger partial charge in [0.1, 0.15) is 17.1 Å². The molecule has 11 heteroatoms. The van der Waals surface area contributed by atoms with Crippen molar-refractivity contribution in [2.45, 2.75) is 13.1 Å². The molecule has 0 aliphatic heterocycles. The molecule has 1 aromatic heterocycles. The van der Waals surface area contributed by atoms with Crippen LogP contribution < -0.4 is 14.9 Å². The van der Waals surface area contributed by atoms with Crippen LogP contribution in [0, 0.1) is 17.0 Å². The second-order valence-electron chi connectivity index (χ2n) is 8.89. The van der Waals surface area contributed by atoms with E-state index in [1.165, 1.54) is 37.3 Å². The Kier molecular flexibility index (Phi) is 7.02. The van der Waals surface area contributed by atoms with Crippen LogP contribution in [0.25, 0.3) is 22.1 Å². The molecule has 0 fully saturated rings. The van der Waals surface area contributed by atoms with Gasteiger partial charge >= 0.3 is 12.1 Å². The lowest BCUT2D eigenvalue weighted by Crippen LogP contribution is -2.15. The van der Waals surface area contributed by atoms with Crippen LogP contribution in [-0.2, 0) is 6.18 Å². The fraction of sp³-hybridized carbons (Fsp3) is 0.0667. The first kappa shape index (κ1) is 27.1. The summed E-state index contributed by atoms with van der Waals surface area (Å²) in [6.45, 7) is 1.44. The molecule has 0 N–H and O–H groups in total. The zero-order valence-electron chi connectivity index (χ0n) is 21.1. The Morgan fingerprint density at radius 2 is 1.54 bits per heavy atom. The predicted molar refractivity (Wildman–Crippen MR) is 142 cm³/mol. The van der Waals surface area contributed by atoms with Gasteiger partial charge in [-0.25, -0.2) is 4.79 Å². The lowest BCUT2D eigenvalue weighted by Gasteiger charge is -2.14. The van der Waals surface area contributed by atoms with E-state index < -0.39 is 39.6 Å². The number of benzene rings is 4. The Morgan fingerprint density at radius 1 is 0.878 bits per heavy atom. The lowest BCUT2D eigenvalue weighted by molar-refractivity contribution is -0.385. The second kappa shape index (κ2) is 10.6. The van der Waals surface area contributed by atoms with E-state index in [0.29, 0.717) is 0 Å². The van der Waals surface area contributed by atoms with Crippen molar-refractivity contribution in [2.24, 2.45) is 0 Å². The summed E-state index contributed by atoms with van der Waals surface area (Å²) in [7, 11) is 0. The van der Waals surface area contributed by atoms with Gasteiger partial charge in [0.05, 0.1) is 15.9 Å². The lowest BCUT2D eigenvalue weighted by atomic mass is 10.1. The fourth-order valence-electron chi connectivity index (χ4n) is 4.12. The Bertz CT molecular complexity index is 1850. The van der Waals surface area contributed by atoms with Gasteiger partial charge in [0.25, 0.3) is 11.4 Å². The van der Waals surface area contributed by atoms with E-state index in [1.54, 1.807) is 12.1 Å². The first-order chi connectivity index (χ1) is 19.5. The quantitative estimate of drug-likeness (QED) is 0.0904. The molecular formula is C30H18F3NO7. The standard InChI is InChI=1S/C30H18F3NO7/c1-17-15-20(9-14-24(17)34(37)38)29(36)40-22-12-13-23-25(16-22)41-28(30(31,32)33)27(26(23)35)39-21-10-7-19(8-11-21)18-5-3-2-4-6-18/h2-16H,1H3. The number of carbonyl (C=O) groups excluding carboxylic acids is 1. The van der Waals surface area contributed by atoms with Gasteiger partial charge in [0, 0.05) is 17.7 Å². The Morgan fingerprint density at radius 3 is 2.17 bits per heavy atom. The maximum absolute atomic E-state index is 14.0. The van der Waals surface area contributed by atoms with E-state index in [4.69, 9.17) is 13.9 Å². The minimum atomic E-state index is -5.09. The molecule has 41 heavy (non-hydrogen) atoms. The highest BCUT2D eigenvalue weighted by atomic mass is 19.4. The van der Waals surface area contributed by atoms with E-state index in [1.807, 2.05) is 30.3 Å². The van der Waals surface area contributed by atoms with E-state index in [2.05, 4.69) is 0 Å². The number of nitrogens with zero attached hydrogens (tertiary/aromatic N) is 1. The zero-order valence-corrected chi connectivity index (χ0v) is 21.1. The summed E-state index contributed by atoms with van der Waals surface area (Å²) in [5, 5.41) is 10.8. The maximum Gasteiger partial charge on any atom is 0.453 e. The van der Waals surface area contributed by atoms with Crippen molar-refractivity contribution in [3.63, 3.8) is 0 Å². The molecule has 206 valence electrons. The smallest absolute Gasteiger partial charge is 0.449 e. The Balaban J connectivity index is 1.46. The Hall–Kier alpha value is -5.45. The average Bonchev–Trinajstić information content (AvgIpc) is 2.94. The van der Waals surface area contributed by atoms with Crippen LogP contribution in [0.1, 0.15) is 21.7 Å². The summed E-state index contributed by atoms with van der Waals surface area (Å²) >= 11 is 0. The van der Waals surface area contributed by atoms with Crippen molar-refractivity contribution in [3.8, 4) is 28.4 Å². The van der Waals surface area contributed by atoms with Crippen LogP contribution >= 0.6 is 0 Å². The zero-order chi connectivity index (χ0) is 29.3. The monoisotopic (exact) mass is 561 g/mol. The average molecular weight is 561 g/mol. The highest BCUT2D eigenvalue weighted by Gasteiger charge is 2.40. The molecule has 0 saturated heterocycles. The van der Waals surface area contributed by atoms with Crippen LogP contribution in [-0.4, -0.2) is 10.9 Å². The molecule has 0 unspecified atom stereocenters. The van der Waals surface area contributed by atoms with Crippen molar-refractivity contribution in [2.75, 3.05) is 0 Å². The number of hydrogen-bond acceptors (Lipinski definition) is 7. The first-order valence-corrected chi connectivity index (χ1v) is 12.0. The molecule has 4 aromatic carbocycles. The van der Waals surface area contributed by atoms with Gasteiger partial charge in [0.2, 0.25) is 11.2 Å². The third-order valence-corrected chi connectivity index (χ3v) is 6.10. The van der Waals surface area contributed by atoms with Gasteiger partial charge in [-0.2, -0.15) is 13.2 Å². The minimum absolute atomic E-state index is 0.00854. The summed E-state index contributed by atoms with van der Waals surface area (Å²) in [5.74, 6) is -3.83. The molecule has 5 rings (SSSR count). The summed E-state index contributed by atoms with van der Waals surface area (Å²) in [4.78, 5) is 36.1. The van der Waals surface area contributed by atoms with Gasteiger partial charge in [-0.05, 0) is 54.4 Å². The van der Waals surface area contributed by atoms with Crippen molar-refractivity contribution in [3.05, 3.63) is 128 Å². The van der Waals surface area contributed by atoms with Crippen LogP contribution in [0.2, 0.25) is 0 Å². The molecule has 0 aliphatic rings. The predicted octanol–water partition coefficient (Wildman–Crippen LogP) is 7.71. The fourth-order valence-corrected chi connectivity index (χ4v) is 4.12. The largest absolute Gasteiger partial charge is 0.453 e. The van der Waals surface area contributed by atoms with Crippen LogP contribution in [0.4, 0.5) is 18.9 Å². The normalized spacial score (nSPS) is 11.3. The summed E-state index contributed by atoms with van der Waals surface area (Å²) in [6, 6.07) is 22.4. The molecule has 5 aromatic rings. The molecule has 8 nitrogen and oxygen atoms in total. The molecule has 0 aliphatic carbocycles. The topological polar surface area (TPSA) is 109 Å². The highest BCUT2D eigenvalue weighted by molar-refractivity contribution is 5.92. The number of aryl methyl sites for hydroxylation is 1. The number of hydrogen-bond donors (Lipinski definition) is 0. The van der Waals surface area contributed by atoms with Crippen molar-refractivity contribution in [1.82, 2.24) is 0 Å². The van der Waals surface area contributed by atoms with Crippen LogP contribution in [0.15, 0.2) is 100 Å². The molecule has 0 spiro atoms.